The molecule has 0 atom stereocenters. The summed E-state index contributed by atoms with van der Waals surface area (Å²) in [6, 6.07) is 59.3. The standard InChI is InChI=1S/C40H27N/c1-2-11-35(12-3-1)41(37-24-20-28-8-4-5-10-32(28)27-37)36-22-18-29(19-23-36)33-21-25-39-34(26-33)17-16-31-15-14-30-9-6-7-13-38(30)40(31)39/h1-27H. The Morgan fingerprint density at radius 2 is 0.854 bits per heavy atom. The molecular formula is C40H27N. The third-order valence-electron chi connectivity index (χ3n) is 8.19. The summed E-state index contributed by atoms with van der Waals surface area (Å²) >= 11 is 0. The van der Waals surface area contributed by atoms with Crippen LogP contribution in [0.5, 0.6) is 0 Å². The summed E-state index contributed by atoms with van der Waals surface area (Å²) < 4.78 is 0. The van der Waals surface area contributed by atoms with Gasteiger partial charge in [-0.05, 0) is 96.7 Å². The van der Waals surface area contributed by atoms with E-state index in [9.17, 15) is 0 Å². The first-order chi connectivity index (χ1) is 20.3. The Labute approximate surface area is 239 Å². The van der Waals surface area contributed by atoms with Crippen LogP contribution in [0.2, 0.25) is 0 Å². The second kappa shape index (κ2) is 9.66. The molecule has 0 aromatic heterocycles. The molecular weight excluding hydrogens is 494 g/mol. The SMILES string of the molecule is c1ccc(N(c2ccc(-c3ccc4c(ccc5ccc6ccccc6c54)c3)cc2)c2ccc3ccccc3c2)cc1. The van der Waals surface area contributed by atoms with Gasteiger partial charge in [-0.1, -0.05) is 121 Å². The van der Waals surface area contributed by atoms with Crippen molar-refractivity contribution in [3.8, 4) is 11.1 Å². The summed E-state index contributed by atoms with van der Waals surface area (Å²) in [5.41, 5.74) is 5.85. The Bertz CT molecular complexity index is 2190. The van der Waals surface area contributed by atoms with Crippen molar-refractivity contribution in [2.24, 2.45) is 0 Å². The fraction of sp³-hybridized carbons (Fsp3) is 0. The van der Waals surface area contributed by atoms with Crippen LogP contribution in [0, 0.1) is 0 Å². The van der Waals surface area contributed by atoms with Crippen molar-refractivity contribution in [1.82, 2.24) is 0 Å². The Hall–Kier alpha value is -5.40. The lowest BCUT2D eigenvalue weighted by atomic mass is 9.94. The number of rotatable bonds is 4. The molecule has 0 aliphatic carbocycles. The van der Waals surface area contributed by atoms with E-state index in [1.54, 1.807) is 0 Å². The lowest BCUT2D eigenvalue weighted by molar-refractivity contribution is 1.29. The fourth-order valence-corrected chi connectivity index (χ4v) is 6.16. The number of fused-ring (bicyclic) bond motifs is 6. The predicted molar refractivity (Wildman–Crippen MR) is 177 cm³/mol. The highest BCUT2D eigenvalue weighted by Crippen LogP contribution is 2.38. The molecule has 0 saturated carbocycles. The van der Waals surface area contributed by atoms with Crippen molar-refractivity contribution in [2.75, 3.05) is 4.90 Å². The Balaban J connectivity index is 1.21. The summed E-state index contributed by atoms with van der Waals surface area (Å²) in [6.45, 7) is 0. The number of nitrogens with zero attached hydrogens (tertiary/aromatic N) is 1. The summed E-state index contributed by atoms with van der Waals surface area (Å²) in [4.78, 5) is 2.33. The lowest BCUT2D eigenvalue weighted by Gasteiger charge is -2.26. The first-order valence-electron chi connectivity index (χ1n) is 14.1. The average molecular weight is 522 g/mol. The van der Waals surface area contributed by atoms with Crippen molar-refractivity contribution in [3.63, 3.8) is 0 Å². The average Bonchev–Trinajstić information content (AvgIpc) is 3.05. The number of anilines is 3. The highest BCUT2D eigenvalue weighted by Gasteiger charge is 2.13. The maximum absolute atomic E-state index is 2.33. The minimum atomic E-state index is 1.13. The zero-order valence-electron chi connectivity index (χ0n) is 22.5. The molecule has 0 spiro atoms. The van der Waals surface area contributed by atoms with E-state index in [0.717, 1.165) is 17.1 Å². The van der Waals surface area contributed by atoms with Crippen molar-refractivity contribution >= 4 is 60.2 Å². The highest BCUT2D eigenvalue weighted by molar-refractivity contribution is 6.20. The van der Waals surface area contributed by atoms with Gasteiger partial charge in [0.2, 0.25) is 0 Å². The topological polar surface area (TPSA) is 3.24 Å². The Morgan fingerprint density at radius 3 is 1.68 bits per heavy atom. The normalized spacial score (nSPS) is 11.4. The van der Waals surface area contributed by atoms with Crippen LogP contribution >= 0.6 is 0 Å². The Kier molecular flexibility index (Phi) is 5.53. The molecule has 0 aliphatic rings. The molecule has 0 bridgehead atoms. The van der Waals surface area contributed by atoms with Gasteiger partial charge in [0.1, 0.15) is 0 Å². The number of para-hydroxylation sites is 1. The first-order valence-corrected chi connectivity index (χ1v) is 14.1. The third kappa shape index (κ3) is 4.11. The zero-order chi connectivity index (χ0) is 27.2. The second-order valence-corrected chi connectivity index (χ2v) is 10.6. The maximum Gasteiger partial charge on any atom is 0.0468 e. The maximum atomic E-state index is 2.33. The van der Waals surface area contributed by atoms with Crippen LogP contribution in [-0.4, -0.2) is 0 Å². The van der Waals surface area contributed by atoms with Crippen LogP contribution in [0.15, 0.2) is 164 Å². The molecule has 8 aromatic rings. The van der Waals surface area contributed by atoms with Crippen molar-refractivity contribution < 1.29 is 0 Å². The van der Waals surface area contributed by atoms with E-state index in [0.29, 0.717) is 0 Å². The van der Waals surface area contributed by atoms with Crippen LogP contribution in [0.1, 0.15) is 0 Å². The molecule has 0 radical (unpaired) electrons. The van der Waals surface area contributed by atoms with Gasteiger partial charge in [-0.3, -0.25) is 0 Å². The molecule has 1 heteroatoms. The molecule has 0 fully saturated rings. The number of hydrogen-bond donors (Lipinski definition) is 0. The quantitative estimate of drug-likeness (QED) is 0.208. The molecule has 8 rings (SSSR count). The third-order valence-corrected chi connectivity index (χ3v) is 8.19. The molecule has 41 heavy (non-hydrogen) atoms. The summed E-state index contributed by atoms with van der Waals surface area (Å²) in [7, 11) is 0. The van der Waals surface area contributed by atoms with Gasteiger partial charge in [-0.15, -0.1) is 0 Å². The summed E-state index contributed by atoms with van der Waals surface area (Å²) in [5, 5.41) is 10.2. The van der Waals surface area contributed by atoms with E-state index in [2.05, 4.69) is 169 Å². The van der Waals surface area contributed by atoms with Gasteiger partial charge in [0.25, 0.3) is 0 Å². The number of benzene rings is 8. The monoisotopic (exact) mass is 521 g/mol. The smallest absolute Gasteiger partial charge is 0.0468 e. The first kappa shape index (κ1) is 23.5. The molecule has 0 unspecified atom stereocenters. The fourth-order valence-electron chi connectivity index (χ4n) is 6.16. The van der Waals surface area contributed by atoms with Crippen LogP contribution in [0.25, 0.3) is 54.2 Å². The molecule has 0 saturated heterocycles. The highest BCUT2D eigenvalue weighted by atomic mass is 15.1. The minimum absolute atomic E-state index is 1.13. The second-order valence-electron chi connectivity index (χ2n) is 10.6. The van der Waals surface area contributed by atoms with Crippen molar-refractivity contribution in [3.05, 3.63) is 164 Å². The largest absolute Gasteiger partial charge is 0.310 e. The van der Waals surface area contributed by atoms with Crippen LogP contribution in [0.4, 0.5) is 17.1 Å². The van der Waals surface area contributed by atoms with E-state index in [-0.39, 0.29) is 0 Å². The molecule has 1 nitrogen and oxygen atoms in total. The van der Waals surface area contributed by atoms with Gasteiger partial charge in [-0.2, -0.15) is 0 Å². The lowest BCUT2D eigenvalue weighted by Crippen LogP contribution is -2.09. The number of hydrogen-bond acceptors (Lipinski definition) is 1. The predicted octanol–water partition coefficient (Wildman–Crippen LogP) is 11.4. The van der Waals surface area contributed by atoms with Gasteiger partial charge in [0, 0.05) is 17.1 Å². The van der Waals surface area contributed by atoms with Crippen LogP contribution in [-0.2, 0) is 0 Å². The van der Waals surface area contributed by atoms with Crippen LogP contribution in [0.3, 0.4) is 0 Å². The van der Waals surface area contributed by atoms with E-state index in [1.165, 1.54) is 54.2 Å². The van der Waals surface area contributed by atoms with Gasteiger partial charge >= 0.3 is 0 Å². The molecule has 0 aliphatic heterocycles. The van der Waals surface area contributed by atoms with Crippen LogP contribution < -0.4 is 4.90 Å². The molecule has 8 aromatic carbocycles. The molecule has 192 valence electrons. The molecule has 0 N–H and O–H groups in total. The van der Waals surface area contributed by atoms with E-state index < -0.39 is 0 Å². The minimum Gasteiger partial charge on any atom is -0.310 e. The summed E-state index contributed by atoms with van der Waals surface area (Å²) in [6.07, 6.45) is 0. The van der Waals surface area contributed by atoms with Crippen molar-refractivity contribution in [2.45, 2.75) is 0 Å². The van der Waals surface area contributed by atoms with Gasteiger partial charge in [0.05, 0.1) is 0 Å². The Morgan fingerprint density at radius 1 is 0.293 bits per heavy atom. The van der Waals surface area contributed by atoms with E-state index >= 15 is 0 Å². The van der Waals surface area contributed by atoms with Gasteiger partial charge in [0.15, 0.2) is 0 Å². The summed E-state index contributed by atoms with van der Waals surface area (Å²) in [5.74, 6) is 0. The van der Waals surface area contributed by atoms with Gasteiger partial charge in [-0.25, -0.2) is 0 Å². The molecule has 0 heterocycles. The van der Waals surface area contributed by atoms with Crippen molar-refractivity contribution in [1.29, 1.82) is 0 Å². The zero-order valence-corrected chi connectivity index (χ0v) is 22.5. The van der Waals surface area contributed by atoms with Gasteiger partial charge < -0.3 is 4.90 Å². The van der Waals surface area contributed by atoms with E-state index in [1.807, 2.05) is 0 Å². The van der Waals surface area contributed by atoms with E-state index in [4.69, 9.17) is 0 Å². The molecule has 0 amide bonds.